The predicted molar refractivity (Wildman–Crippen MR) is 74.2 cm³/mol. The number of benzene rings is 1. The molecule has 1 atom stereocenters. The largest absolute Gasteiger partial charge is 0.497 e. The second-order valence-corrected chi connectivity index (χ2v) is 4.71. The number of ether oxygens (including phenoxy) is 1. The van der Waals surface area contributed by atoms with Gasteiger partial charge in [0.25, 0.3) is 0 Å². The third-order valence-corrected chi connectivity index (χ3v) is 3.36. The van der Waals surface area contributed by atoms with E-state index in [1.165, 1.54) is 13.2 Å². The highest BCUT2D eigenvalue weighted by atomic mass is 19.1. The van der Waals surface area contributed by atoms with Gasteiger partial charge in [-0.1, -0.05) is 6.92 Å². The standard InChI is InChI=1S/C15H19FN2O2/c1-4-10-7-11(18(2)17-10)8-15(19)13-6-5-12(20-3)9-14(13)16/h5-7,9,15,19H,4,8H2,1-3H3. The first-order valence-electron chi connectivity index (χ1n) is 6.58. The summed E-state index contributed by atoms with van der Waals surface area (Å²) < 4.78 is 20.6. The molecule has 0 bridgehead atoms. The van der Waals surface area contributed by atoms with Crippen molar-refractivity contribution in [3.05, 3.63) is 47.0 Å². The average molecular weight is 278 g/mol. The van der Waals surface area contributed by atoms with E-state index < -0.39 is 11.9 Å². The summed E-state index contributed by atoms with van der Waals surface area (Å²) in [5.74, 6) is -0.0259. The van der Waals surface area contributed by atoms with Crippen LogP contribution in [0.25, 0.3) is 0 Å². The molecule has 1 aromatic carbocycles. The van der Waals surface area contributed by atoms with E-state index in [4.69, 9.17) is 4.74 Å². The lowest BCUT2D eigenvalue weighted by Crippen LogP contribution is -2.08. The van der Waals surface area contributed by atoms with Crippen LogP contribution in [0.15, 0.2) is 24.3 Å². The smallest absolute Gasteiger partial charge is 0.132 e. The van der Waals surface area contributed by atoms with E-state index in [1.54, 1.807) is 16.8 Å². The molecule has 4 nitrogen and oxygen atoms in total. The number of aromatic nitrogens is 2. The Morgan fingerprint density at radius 1 is 1.40 bits per heavy atom. The molecule has 1 N–H and O–H groups in total. The molecule has 1 heterocycles. The third kappa shape index (κ3) is 2.99. The van der Waals surface area contributed by atoms with Gasteiger partial charge in [-0.2, -0.15) is 5.10 Å². The van der Waals surface area contributed by atoms with Crippen LogP contribution in [-0.4, -0.2) is 22.0 Å². The maximum Gasteiger partial charge on any atom is 0.132 e. The van der Waals surface area contributed by atoms with Crippen molar-refractivity contribution in [1.29, 1.82) is 0 Å². The van der Waals surface area contributed by atoms with E-state index in [0.717, 1.165) is 17.8 Å². The Balaban J connectivity index is 2.19. The van der Waals surface area contributed by atoms with Crippen molar-refractivity contribution in [1.82, 2.24) is 9.78 Å². The first-order valence-corrected chi connectivity index (χ1v) is 6.58. The van der Waals surface area contributed by atoms with Gasteiger partial charge in [0.1, 0.15) is 11.6 Å². The molecule has 20 heavy (non-hydrogen) atoms. The molecule has 2 rings (SSSR count). The van der Waals surface area contributed by atoms with Gasteiger partial charge in [-0.3, -0.25) is 4.68 Å². The lowest BCUT2D eigenvalue weighted by Gasteiger charge is -2.13. The van der Waals surface area contributed by atoms with Gasteiger partial charge in [-0.05, 0) is 24.6 Å². The molecule has 108 valence electrons. The Morgan fingerprint density at radius 3 is 2.70 bits per heavy atom. The van der Waals surface area contributed by atoms with Crippen molar-refractivity contribution in [3.63, 3.8) is 0 Å². The number of nitrogens with zero attached hydrogens (tertiary/aromatic N) is 2. The molecule has 0 aliphatic heterocycles. The van der Waals surface area contributed by atoms with Crippen molar-refractivity contribution < 1.29 is 14.2 Å². The van der Waals surface area contributed by atoms with Crippen LogP contribution in [0.2, 0.25) is 0 Å². The van der Waals surface area contributed by atoms with Crippen LogP contribution < -0.4 is 4.74 Å². The Labute approximate surface area is 117 Å². The van der Waals surface area contributed by atoms with E-state index in [-0.39, 0.29) is 5.56 Å². The molecule has 0 spiro atoms. The molecule has 1 aromatic heterocycles. The molecule has 1 unspecified atom stereocenters. The number of aliphatic hydroxyl groups excluding tert-OH is 1. The Bertz CT molecular complexity index is 596. The van der Waals surface area contributed by atoms with Gasteiger partial charge < -0.3 is 9.84 Å². The van der Waals surface area contributed by atoms with Gasteiger partial charge in [0, 0.05) is 30.8 Å². The van der Waals surface area contributed by atoms with Crippen molar-refractivity contribution in [2.45, 2.75) is 25.9 Å². The Hall–Kier alpha value is -1.88. The second kappa shape index (κ2) is 6.05. The molecule has 0 radical (unpaired) electrons. The maximum atomic E-state index is 13.9. The molecule has 0 saturated heterocycles. The molecular weight excluding hydrogens is 259 g/mol. The topological polar surface area (TPSA) is 47.3 Å². The zero-order valence-electron chi connectivity index (χ0n) is 11.9. The van der Waals surface area contributed by atoms with Crippen LogP contribution in [0.1, 0.15) is 30.0 Å². The average Bonchev–Trinajstić information content (AvgIpc) is 2.79. The van der Waals surface area contributed by atoms with Crippen LogP contribution in [-0.2, 0) is 19.9 Å². The second-order valence-electron chi connectivity index (χ2n) is 4.71. The van der Waals surface area contributed by atoms with E-state index in [0.29, 0.717) is 12.2 Å². The Kier molecular flexibility index (Phi) is 4.39. The molecule has 0 saturated carbocycles. The summed E-state index contributed by atoms with van der Waals surface area (Å²) in [4.78, 5) is 0. The summed E-state index contributed by atoms with van der Waals surface area (Å²) in [6, 6.07) is 6.40. The molecule has 0 aliphatic rings. The summed E-state index contributed by atoms with van der Waals surface area (Å²) >= 11 is 0. The van der Waals surface area contributed by atoms with Crippen LogP contribution >= 0.6 is 0 Å². The fraction of sp³-hybridized carbons (Fsp3) is 0.400. The first-order chi connectivity index (χ1) is 9.55. The lowest BCUT2D eigenvalue weighted by atomic mass is 10.0. The van der Waals surface area contributed by atoms with Gasteiger partial charge in [0.05, 0.1) is 18.9 Å². The number of rotatable bonds is 5. The fourth-order valence-electron chi connectivity index (χ4n) is 2.15. The number of methoxy groups -OCH3 is 1. The van der Waals surface area contributed by atoms with Gasteiger partial charge in [-0.15, -0.1) is 0 Å². The number of aliphatic hydroxyl groups is 1. The summed E-state index contributed by atoms with van der Waals surface area (Å²) in [6.07, 6.45) is 0.258. The van der Waals surface area contributed by atoms with Gasteiger partial charge in [-0.25, -0.2) is 4.39 Å². The molecular formula is C15H19FN2O2. The minimum Gasteiger partial charge on any atom is -0.497 e. The molecule has 5 heteroatoms. The number of hydrogen-bond donors (Lipinski definition) is 1. The highest BCUT2D eigenvalue weighted by molar-refractivity contribution is 5.31. The molecule has 0 amide bonds. The van der Waals surface area contributed by atoms with Crippen LogP contribution in [0.3, 0.4) is 0 Å². The summed E-state index contributed by atoms with van der Waals surface area (Å²) in [5, 5.41) is 14.5. The number of hydrogen-bond acceptors (Lipinski definition) is 3. The van der Waals surface area contributed by atoms with E-state index >= 15 is 0 Å². The first kappa shape index (κ1) is 14.5. The zero-order valence-corrected chi connectivity index (χ0v) is 11.9. The van der Waals surface area contributed by atoms with Crippen LogP contribution in [0.5, 0.6) is 5.75 Å². The summed E-state index contributed by atoms with van der Waals surface area (Å²) in [7, 11) is 3.30. The highest BCUT2D eigenvalue weighted by Crippen LogP contribution is 2.24. The lowest BCUT2D eigenvalue weighted by molar-refractivity contribution is 0.171. The SMILES string of the molecule is CCc1cc(CC(O)c2ccc(OC)cc2F)n(C)n1. The minimum absolute atomic E-state index is 0.269. The molecule has 0 aliphatic carbocycles. The fourth-order valence-corrected chi connectivity index (χ4v) is 2.15. The normalized spacial score (nSPS) is 12.4. The highest BCUT2D eigenvalue weighted by Gasteiger charge is 2.16. The quantitative estimate of drug-likeness (QED) is 0.913. The van der Waals surface area contributed by atoms with Gasteiger partial charge >= 0.3 is 0 Å². The minimum atomic E-state index is -0.902. The van der Waals surface area contributed by atoms with Crippen LogP contribution in [0, 0.1) is 5.82 Å². The van der Waals surface area contributed by atoms with Gasteiger partial charge in [0.15, 0.2) is 0 Å². The van der Waals surface area contributed by atoms with Crippen molar-refractivity contribution in [2.75, 3.05) is 7.11 Å². The third-order valence-electron chi connectivity index (χ3n) is 3.36. The van der Waals surface area contributed by atoms with Gasteiger partial charge in [0.2, 0.25) is 0 Å². The number of halogens is 1. The van der Waals surface area contributed by atoms with Crippen LogP contribution in [0.4, 0.5) is 4.39 Å². The Morgan fingerprint density at radius 2 is 2.15 bits per heavy atom. The zero-order chi connectivity index (χ0) is 14.7. The van der Waals surface area contributed by atoms with E-state index in [1.807, 2.05) is 20.0 Å². The van der Waals surface area contributed by atoms with Crippen molar-refractivity contribution in [2.24, 2.45) is 7.05 Å². The van der Waals surface area contributed by atoms with Crippen molar-refractivity contribution >= 4 is 0 Å². The number of aryl methyl sites for hydroxylation is 2. The monoisotopic (exact) mass is 278 g/mol. The molecule has 0 fully saturated rings. The maximum absolute atomic E-state index is 13.9. The van der Waals surface area contributed by atoms with E-state index in [9.17, 15) is 9.50 Å². The molecule has 2 aromatic rings. The summed E-state index contributed by atoms with van der Waals surface area (Å²) in [6.45, 7) is 2.02. The van der Waals surface area contributed by atoms with E-state index in [2.05, 4.69) is 5.10 Å². The summed E-state index contributed by atoms with van der Waals surface area (Å²) in [5.41, 5.74) is 2.11. The van der Waals surface area contributed by atoms with Crippen molar-refractivity contribution in [3.8, 4) is 5.75 Å². The predicted octanol–water partition coefficient (Wildman–Crippen LogP) is 2.41.